The number of nitrogens with zero attached hydrogens (tertiary/aromatic N) is 3. The highest BCUT2D eigenvalue weighted by molar-refractivity contribution is 7.80. The Labute approximate surface area is 115 Å². The summed E-state index contributed by atoms with van der Waals surface area (Å²) in [5.74, 6) is 0.661. The van der Waals surface area contributed by atoms with Crippen molar-refractivity contribution in [3.8, 4) is 5.75 Å². The van der Waals surface area contributed by atoms with Gasteiger partial charge in [0, 0.05) is 12.6 Å². The molecule has 0 atom stereocenters. The van der Waals surface area contributed by atoms with Crippen LogP contribution in [0, 0.1) is 0 Å². The van der Waals surface area contributed by atoms with E-state index >= 15 is 0 Å². The molecule has 2 aromatic rings. The maximum atomic E-state index is 11.5. The van der Waals surface area contributed by atoms with Gasteiger partial charge in [0.1, 0.15) is 23.7 Å². The first-order valence-corrected chi connectivity index (χ1v) is 6.10. The molecule has 0 aliphatic carbocycles. The molecular weight excluding hydrogens is 264 g/mol. The zero-order chi connectivity index (χ0) is 13.8. The van der Waals surface area contributed by atoms with Crippen LogP contribution in [0.2, 0.25) is 0 Å². The molecule has 2 N–H and O–H groups in total. The number of rotatable bonds is 5. The molecule has 0 aliphatic heterocycles. The summed E-state index contributed by atoms with van der Waals surface area (Å²) in [5.41, 5.74) is 6.13. The molecule has 100 valence electrons. The van der Waals surface area contributed by atoms with Gasteiger partial charge < -0.3 is 10.5 Å². The Morgan fingerprint density at radius 1 is 1.53 bits per heavy atom. The molecule has 0 spiro atoms. The van der Waals surface area contributed by atoms with Crippen LogP contribution in [-0.2, 0) is 13.6 Å². The van der Waals surface area contributed by atoms with Crippen LogP contribution in [0.15, 0.2) is 35.4 Å². The Bertz CT molecular complexity index is 647. The number of aromatic nitrogens is 3. The summed E-state index contributed by atoms with van der Waals surface area (Å²) in [7, 11) is 1.65. The number of ether oxygens (including phenoxy) is 1. The molecule has 19 heavy (non-hydrogen) atoms. The lowest BCUT2D eigenvalue weighted by atomic mass is 10.2. The third-order valence-corrected chi connectivity index (χ3v) is 2.81. The fourth-order valence-corrected chi connectivity index (χ4v) is 1.69. The van der Waals surface area contributed by atoms with Crippen molar-refractivity contribution in [2.75, 3.05) is 6.61 Å². The van der Waals surface area contributed by atoms with Crippen LogP contribution in [0.3, 0.4) is 0 Å². The van der Waals surface area contributed by atoms with Gasteiger partial charge in [-0.2, -0.15) is 5.10 Å². The summed E-state index contributed by atoms with van der Waals surface area (Å²) in [6.45, 7) is 0.731. The van der Waals surface area contributed by atoms with Gasteiger partial charge in [-0.15, -0.1) is 0 Å². The van der Waals surface area contributed by atoms with Crippen molar-refractivity contribution >= 4 is 17.2 Å². The molecule has 1 aromatic heterocycles. The van der Waals surface area contributed by atoms with E-state index in [-0.39, 0.29) is 5.69 Å². The molecule has 0 aliphatic rings. The van der Waals surface area contributed by atoms with E-state index in [1.54, 1.807) is 13.1 Å². The van der Waals surface area contributed by atoms with Crippen LogP contribution in [0.5, 0.6) is 5.75 Å². The van der Waals surface area contributed by atoms with Gasteiger partial charge in [0.05, 0.1) is 6.54 Å². The lowest BCUT2D eigenvalue weighted by molar-refractivity contribution is 0.288. The van der Waals surface area contributed by atoms with Crippen molar-refractivity contribution in [3.63, 3.8) is 0 Å². The predicted molar refractivity (Wildman–Crippen MR) is 75.3 cm³/mol. The summed E-state index contributed by atoms with van der Waals surface area (Å²) < 4.78 is 8.30. The van der Waals surface area contributed by atoms with Gasteiger partial charge in [-0.05, 0) is 12.1 Å². The Morgan fingerprint density at radius 3 is 2.95 bits per heavy atom. The molecule has 0 saturated carbocycles. The van der Waals surface area contributed by atoms with Crippen LogP contribution >= 0.6 is 12.2 Å². The maximum absolute atomic E-state index is 11.5. The van der Waals surface area contributed by atoms with E-state index in [2.05, 4.69) is 5.10 Å². The van der Waals surface area contributed by atoms with Crippen LogP contribution in [0.1, 0.15) is 5.56 Å². The van der Waals surface area contributed by atoms with Crippen molar-refractivity contribution < 1.29 is 4.74 Å². The maximum Gasteiger partial charge on any atom is 0.345 e. The Balaban J connectivity index is 1.96. The highest BCUT2D eigenvalue weighted by Gasteiger charge is 2.02. The molecule has 1 heterocycles. The minimum absolute atomic E-state index is 0.166. The predicted octanol–water partition coefficient (Wildman–Crippen LogP) is 0.295. The van der Waals surface area contributed by atoms with Crippen LogP contribution in [-0.4, -0.2) is 25.9 Å². The van der Waals surface area contributed by atoms with Gasteiger partial charge in [-0.1, -0.05) is 24.4 Å². The molecular formula is C12H14N4O2S. The Hall–Kier alpha value is -2.15. The first-order valence-electron chi connectivity index (χ1n) is 5.69. The zero-order valence-electron chi connectivity index (χ0n) is 10.4. The van der Waals surface area contributed by atoms with Gasteiger partial charge >= 0.3 is 5.69 Å². The number of hydrogen-bond acceptors (Lipinski definition) is 4. The van der Waals surface area contributed by atoms with Crippen LogP contribution < -0.4 is 16.2 Å². The van der Waals surface area contributed by atoms with E-state index in [9.17, 15) is 4.79 Å². The molecule has 7 heteroatoms. The van der Waals surface area contributed by atoms with Crippen molar-refractivity contribution in [2.24, 2.45) is 12.8 Å². The van der Waals surface area contributed by atoms with Gasteiger partial charge in [-0.25, -0.2) is 9.48 Å². The standard InChI is InChI=1S/C12H14N4O2S/c1-15-8-14-16(12(15)17)5-6-18-10-4-2-3-9(7-10)11(13)19/h2-4,7-8H,5-6H2,1H3,(H2,13,19). The number of hydrogen-bond donors (Lipinski definition) is 1. The molecule has 1 aromatic carbocycles. The zero-order valence-corrected chi connectivity index (χ0v) is 11.3. The van der Waals surface area contributed by atoms with E-state index in [4.69, 9.17) is 22.7 Å². The molecule has 2 rings (SSSR count). The van der Waals surface area contributed by atoms with E-state index in [0.717, 1.165) is 5.56 Å². The van der Waals surface area contributed by atoms with E-state index in [1.165, 1.54) is 15.6 Å². The average Bonchev–Trinajstić information content (AvgIpc) is 2.71. The number of benzene rings is 1. The number of aryl methyl sites for hydroxylation is 1. The molecule has 0 unspecified atom stereocenters. The lowest BCUT2D eigenvalue weighted by Crippen LogP contribution is -2.25. The fourth-order valence-electron chi connectivity index (χ4n) is 1.56. The normalized spacial score (nSPS) is 10.4. The number of thiocarbonyl (C=S) groups is 1. The fraction of sp³-hybridized carbons (Fsp3) is 0.250. The highest BCUT2D eigenvalue weighted by Crippen LogP contribution is 2.13. The van der Waals surface area contributed by atoms with E-state index in [1.807, 2.05) is 18.2 Å². The summed E-state index contributed by atoms with van der Waals surface area (Å²) in [6.07, 6.45) is 1.47. The molecule has 0 saturated heterocycles. The van der Waals surface area contributed by atoms with Gasteiger partial charge in [-0.3, -0.25) is 4.57 Å². The van der Waals surface area contributed by atoms with Gasteiger partial charge in [0.2, 0.25) is 0 Å². The Morgan fingerprint density at radius 2 is 2.32 bits per heavy atom. The second-order valence-corrected chi connectivity index (χ2v) is 4.43. The van der Waals surface area contributed by atoms with Gasteiger partial charge in [0.25, 0.3) is 0 Å². The summed E-state index contributed by atoms with van der Waals surface area (Å²) in [4.78, 5) is 11.9. The molecule has 0 radical (unpaired) electrons. The molecule has 0 fully saturated rings. The highest BCUT2D eigenvalue weighted by atomic mass is 32.1. The van der Waals surface area contributed by atoms with Crippen LogP contribution in [0.25, 0.3) is 0 Å². The third-order valence-electron chi connectivity index (χ3n) is 2.58. The monoisotopic (exact) mass is 278 g/mol. The van der Waals surface area contributed by atoms with Crippen molar-refractivity contribution in [2.45, 2.75) is 6.54 Å². The molecule has 6 nitrogen and oxygen atoms in total. The van der Waals surface area contributed by atoms with Crippen molar-refractivity contribution in [1.29, 1.82) is 0 Å². The minimum atomic E-state index is -0.166. The summed E-state index contributed by atoms with van der Waals surface area (Å²) in [5, 5.41) is 3.94. The Kier molecular flexibility index (Phi) is 3.96. The lowest BCUT2D eigenvalue weighted by Gasteiger charge is -2.07. The SMILES string of the molecule is Cn1cnn(CCOc2cccc(C(N)=S)c2)c1=O. The summed E-state index contributed by atoms with van der Waals surface area (Å²) in [6, 6.07) is 7.21. The largest absolute Gasteiger partial charge is 0.492 e. The number of nitrogens with two attached hydrogens (primary N) is 1. The average molecular weight is 278 g/mol. The van der Waals surface area contributed by atoms with Crippen LogP contribution in [0.4, 0.5) is 0 Å². The first-order chi connectivity index (χ1) is 9.08. The molecule has 0 bridgehead atoms. The van der Waals surface area contributed by atoms with Crippen molar-refractivity contribution in [1.82, 2.24) is 14.3 Å². The van der Waals surface area contributed by atoms with E-state index in [0.29, 0.717) is 23.9 Å². The summed E-state index contributed by atoms with van der Waals surface area (Å²) >= 11 is 4.89. The van der Waals surface area contributed by atoms with Crippen molar-refractivity contribution in [3.05, 3.63) is 46.6 Å². The quantitative estimate of drug-likeness (QED) is 0.796. The minimum Gasteiger partial charge on any atom is -0.492 e. The third kappa shape index (κ3) is 3.19. The second kappa shape index (κ2) is 5.66. The topological polar surface area (TPSA) is 75.1 Å². The smallest absolute Gasteiger partial charge is 0.345 e. The first kappa shape index (κ1) is 13.3. The van der Waals surface area contributed by atoms with E-state index < -0.39 is 0 Å². The molecule has 0 amide bonds. The van der Waals surface area contributed by atoms with Gasteiger partial charge in [0.15, 0.2) is 0 Å². The second-order valence-electron chi connectivity index (χ2n) is 3.99.